The van der Waals surface area contributed by atoms with Gasteiger partial charge in [0.15, 0.2) is 5.11 Å². The van der Waals surface area contributed by atoms with E-state index >= 15 is 0 Å². The number of hydrogen-bond donors (Lipinski definition) is 1. The predicted molar refractivity (Wildman–Crippen MR) is 165 cm³/mol. The van der Waals surface area contributed by atoms with E-state index < -0.39 is 0 Å². The normalized spacial score (nSPS) is 16.5. The molecule has 204 valence electrons. The molecule has 6 rings (SSSR count). The van der Waals surface area contributed by atoms with E-state index in [4.69, 9.17) is 12.2 Å². The summed E-state index contributed by atoms with van der Waals surface area (Å²) in [7, 11) is 0. The molecule has 2 atom stereocenters. The molecule has 0 bridgehead atoms. The molecule has 41 heavy (non-hydrogen) atoms. The number of thiocarbonyl (C=S) groups is 1. The van der Waals surface area contributed by atoms with E-state index in [0.29, 0.717) is 5.11 Å². The number of hydrogen-bond acceptors (Lipinski definition) is 6. The fourth-order valence-electron chi connectivity index (χ4n) is 5.37. The summed E-state index contributed by atoms with van der Waals surface area (Å²) in [5.41, 5.74) is 6.34. The number of non-ortho nitro benzene ring substituents is 1. The highest BCUT2D eigenvalue weighted by atomic mass is 32.2. The lowest BCUT2D eigenvalue weighted by Crippen LogP contribution is -2.29. The van der Waals surface area contributed by atoms with Crippen molar-refractivity contribution >= 4 is 40.5 Å². The van der Waals surface area contributed by atoms with Crippen molar-refractivity contribution in [3.05, 3.63) is 136 Å². The standard InChI is InChI=1S/C31H26N6O2S2/c1-20-18-27(21(2)35(20)24-6-5-16-32-19-24)30-29(28-7-3-4-17-33-28)34-31(40)36(30)22-8-12-25(13-9-22)41-26-14-10-23(11-15-26)37(38)39/h3-19,29-30H,1-2H3,(H,34,40)/t29-,30+/m0/s1. The monoisotopic (exact) mass is 578 g/mol. The molecule has 1 N–H and O–H groups in total. The largest absolute Gasteiger partial charge is 0.351 e. The van der Waals surface area contributed by atoms with E-state index in [1.54, 1.807) is 30.1 Å². The van der Waals surface area contributed by atoms with E-state index in [9.17, 15) is 10.1 Å². The summed E-state index contributed by atoms with van der Waals surface area (Å²) in [6.07, 6.45) is 5.46. The number of aromatic nitrogens is 3. The zero-order valence-corrected chi connectivity index (χ0v) is 24.0. The molecule has 1 aliphatic heterocycles. The second kappa shape index (κ2) is 11.1. The van der Waals surface area contributed by atoms with Crippen LogP contribution in [0.1, 0.15) is 34.7 Å². The van der Waals surface area contributed by atoms with Crippen molar-refractivity contribution in [1.29, 1.82) is 0 Å². The maximum absolute atomic E-state index is 11.0. The molecule has 2 aromatic carbocycles. The number of anilines is 1. The summed E-state index contributed by atoms with van der Waals surface area (Å²) in [4.78, 5) is 23.7. The second-order valence-corrected chi connectivity index (χ2v) is 11.3. The van der Waals surface area contributed by atoms with Gasteiger partial charge in [-0.1, -0.05) is 17.8 Å². The average molecular weight is 579 g/mol. The summed E-state index contributed by atoms with van der Waals surface area (Å²) in [5.74, 6) is 0. The van der Waals surface area contributed by atoms with Gasteiger partial charge >= 0.3 is 0 Å². The molecule has 0 aliphatic carbocycles. The van der Waals surface area contributed by atoms with E-state index in [1.165, 1.54) is 12.1 Å². The van der Waals surface area contributed by atoms with Gasteiger partial charge in [-0.15, -0.1) is 0 Å². The first-order valence-electron chi connectivity index (χ1n) is 13.0. The molecule has 0 spiro atoms. The van der Waals surface area contributed by atoms with Crippen LogP contribution in [0.4, 0.5) is 11.4 Å². The SMILES string of the molecule is Cc1cc([C@@H]2[C@H](c3ccccn3)NC(=S)N2c2ccc(Sc3ccc([N+](=O)[O-])cc3)cc2)c(C)n1-c1cccnc1. The Morgan fingerprint density at radius 2 is 1.66 bits per heavy atom. The van der Waals surface area contributed by atoms with Crippen molar-refractivity contribution in [1.82, 2.24) is 19.9 Å². The van der Waals surface area contributed by atoms with Gasteiger partial charge in [-0.2, -0.15) is 0 Å². The van der Waals surface area contributed by atoms with Crippen LogP contribution in [0, 0.1) is 24.0 Å². The number of nitrogens with one attached hydrogen (secondary N) is 1. The minimum Gasteiger partial charge on any atom is -0.351 e. The van der Waals surface area contributed by atoms with Crippen LogP contribution in [-0.2, 0) is 0 Å². The van der Waals surface area contributed by atoms with Gasteiger partial charge in [0.1, 0.15) is 0 Å². The second-order valence-electron chi connectivity index (χ2n) is 9.72. The Morgan fingerprint density at radius 3 is 2.29 bits per heavy atom. The summed E-state index contributed by atoms with van der Waals surface area (Å²) in [6, 6.07) is 26.7. The van der Waals surface area contributed by atoms with Crippen molar-refractivity contribution in [2.75, 3.05) is 4.90 Å². The summed E-state index contributed by atoms with van der Waals surface area (Å²) in [6.45, 7) is 4.24. The number of rotatable bonds is 7. The minimum absolute atomic E-state index is 0.0798. The highest BCUT2D eigenvalue weighted by molar-refractivity contribution is 7.99. The van der Waals surface area contributed by atoms with Gasteiger partial charge in [0, 0.05) is 51.4 Å². The molecule has 4 heterocycles. The summed E-state index contributed by atoms with van der Waals surface area (Å²) in [5, 5.41) is 15.2. The Morgan fingerprint density at radius 1 is 0.927 bits per heavy atom. The summed E-state index contributed by atoms with van der Waals surface area (Å²) < 4.78 is 2.22. The number of aryl methyl sites for hydroxylation is 1. The third kappa shape index (κ3) is 5.19. The van der Waals surface area contributed by atoms with Crippen LogP contribution < -0.4 is 10.2 Å². The lowest BCUT2D eigenvalue weighted by atomic mass is 9.96. The molecule has 0 radical (unpaired) electrons. The van der Waals surface area contributed by atoms with Crippen molar-refractivity contribution in [3.63, 3.8) is 0 Å². The van der Waals surface area contributed by atoms with Gasteiger partial charge in [0.25, 0.3) is 5.69 Å². The van der Waals surface area contributed by atoms with E-state index in [1.807, 2.05) is 48.8 Å². The molecule has 0 amide bonds. The third-order valence-electron chi connectivity index (χ3n) is 7.19. The van der Waals surface area contributed by atoms with Crippen molar-refractivity contribution in [2.24, 2.45) is 0 Å². The molecule has 3 aromatic heterocycles. The van der Waals surface area contributed by atoms with Gasteiger partial charge < -0.3 is 14.8 Å². The highest BCUT2D eigenvalue weighted by Crippen LogP contribution is 2.44. The number of nitro groups is 1. The fourth-order valence-corrected chi connectivity index (χ4v) is 6.53. The maximum atomic E-state index is 11.0. The van der Waals surface area contributed by atoms with Gasteiger partial charge in [0.2, 0.25) is 0 Å². The van der Waals surface area contributed by atoms with Gasteiger partial charge in [-0.05, 0) is 98.4 Å². The predicted octanol–water partition coefficient (Wildman–Crippen LogP) is 7.12. The summed E-state index contributed by atoms with van der Waals surface area (Å²) >= 11 is 7.49. The molecule has 10 heteroatoms. The van der Waals surface area contributed by atoms with Gasteiger partial charge in [-0.25, -0.2) is 0 Å². The Labute approximate surface area is 247 Å². The van der Waals surface area contributed by atoms with Crippen molar-refractivity contribution in [2.45, 2.75) is 35.7 Å². The molecule has 1 saturated heterocycles. The molecular formula is C31H26N6O2S2. The molecule has 1 fully saturated rings. The lowest BCUT2D eigenvalue weighted by Gasteiger charge is -2.28. The lowest BCUT2D eigenvalue weighted by molar-refractivity contribution is -0.384. The average Bonchev–Trinajstić information content (AvgIpc) is 3.49. The Hall–Kier alpha value is -4.54. The van der Waals surface area contributed by atoms with Crippen LogP contribution in [0.3, 0.4) is 0 Å². The molecule has 1 aliphatic rings. The van der Waals surface area contributed by atoms with Crippen LogP contribution in [0.5, 0.6) is 0 Å². The van der Waals surface area contributed by atoms with Crippen LogP contribution >= 0.6 is 24.0 Å². The molecule has 5 aromatic rings. The van der Waals surface area contributed by atoms with Gasteiger partial charge in [-0.3, -0.25) is 20.1 Å². The Balaban J connectivity index is 1.37. The smallest absolute Gasteiger partial charge is 0.269 e. The number of nitro benzene ring substituents is 1. The highest BCUT2D eigenvalue weighted by Gasteiger charge is 2.42. The number of pyridine rings is 2. The Bertz CT molecular complexity index is 1710. The van der Waals surface area contributed by atoms with Crippen LogP contribution in [0.25, 0.3) is 5.69 Å². The topological polar surface area (TPSA) is 89.1 Å². The van der Waals surface area contributed by atoms with E-state index in [0.717, 1.165) is 43.8 Å². The van der Waals surface area contributed by atoms with Crippen molar-refractivity contribution in [3.8, 4) is 5.69 Å². The quantitative estimate of drug-likeness (QED) is 0.124. The first kappa shape index (κ1) is 26.7. The molecule has 8 nitrogen and oxygen atoms in total. The number of nitrogens with zero attached hydrogens (tertiary/aromatic N) is 5. The van der Waals surface area contributed by atoms with E-state index in [2.05, 4.69) is 62.9 Å². The Kier molecular flexibility index (Phi) is 7.25. The van der Waals surface area contributed by atoms with Crippen LogP contribution in [0.2, 0.25) is 0 Å². The maximum Gasteiger partial charge on any atom is 0.269 e. The zero-order valence-electron chi connectivity index (χ0n) is 22.3. The molecular weight excluding hydrogens is 553 g/mol. The van der Waals surface area contributed by atoms with Crippen LogP contribution in [0.15, 0.2) is 113 Å². The minimum atomic E-state index is -0.390. The molecule has 0 unspecified atom stereocenters. The van der Waals surface area contributed by atoms with Crippen molar-refractivity contribution < 1.29 is 4.92 Å². The fraction of sp³-hybridized carbons (Fsp3) is 0.129. The van der Waals surface area contributed by atoms with Gasteiger partial charge in [0.05, 0.1) is 34.6 Å². The van der Waals surface area contributed by atoms with Crippen LogP contribution in [-0.4, -0.2) is 24.6 Å². The molecule has 0 saturated carbocycles. The first-order chi connectivity index (χ1) is 19.9. The van der Waals surface area contributed by atoms with E-state index in [-0.39, 0.29) is 22.7 Å². The first-order valence-corrected chi connectivity index (χ1v) is 14.3. The number of benzene rings is 2. The zero-order chi connectivity index (χ0) is 28.5. The third-order valence-corrected chi connectivity index (χ3v) is 8.52.